The number of halogens is 1. The molecule has 0 aromatic heterocycles. The predicted octanol–water partition coefficient (Wildman–Crippen LogP) is 2.96. The highest BCUT2D eigenvalue weighted by Gasteiger charge is 2.31. The van der Waals surface area contributed by atoms with Crippen molar-refractivity contribution in [3.8, 4) is 0 Å². The second-order valence-electron chi connectivity index (χ2n) is 5.18. The molecule has 0 saturated carbocycles. The fourth-order valence-electron chi connectivity index (χ4n) is 2.46. The molecule has 1 amide bonds. The Kier molecular flexibility index (Phi) is 4.35. The number of amides is 1. The van der Waals surface area contributed by atoms with Crippen LogP contribution < -0.4 is 15.5 Å². The topological polar surface area (TPSA) is 44.4 Å². The minimum Gasteiger partial charge on any atom is -0.369 e. The van der Waals surface area contributed by atoms with Gasteiger partial charge in [0.2, 0.25) is 5.91 Å². The van der Waals surface area contributed by atoms with Gasteiger partial charge >= 0.3 is 0 Å². The molecular formula is C15H20ClN3O. The summed E-state index contributed by atoms with van der Waals surface area (Å²) >= 11 is 6.36. The molecule has 0 fully saturated rings. The molecule has 4 nitrogen and oxygen atoms in total. The van der Waals surface area contributed by atoms with E-state index in [1.165, 1.54) is 0 Å². The number of rotatable bonds is 5. The second kappa shape index (κ2) is 5.85. The summed E-state index contributed by atoms with van der Waals surface area (Å²) in [6, 6.07) is 3.48. The first-order valence-corrected chi connectivity index (χ1v) is 7.05. The van der Waals surface area contributed by atoms with E-state index in [0.717, 1.165) is 35.6 Å². The highest BCUT2D eigenvalue weighted by molar-refractivity contribution is 6.33. The molecule has 0 spiro atoms. The first-order chi connectivity index (χ1) is 9.43. The molecule has 1 unspecified atom stereocenters. The van der Waals surface area contributed by atoms with Gasteiger partial charge in [-0.1, -0.05) is 30.7 Å². The zero-order chi connectivity index (χ0) is 14.9. The summed E-state index contributed by atoms with van der Waals surface area (Å²) in [5.41, 5.74) is 3.69. The summed E-state index contributed by atoms with van der Waals surface area (Å²) in [4.78, 5) is 14.0. The van der Waals surface area contributed by atoms with E-state index in [1.807, 2.05) is 37.9 Å². The van der Waals surface area contributed by atoms with Gasteiger partial charge in [-0.15, -0.1) is 0 Å². The summed E-state index contributed by atoms with van der Waals surface area (Å²) in [5, 5.41) is 6.70. The van der Waals surface area contributed by atoms with Crippen LogP contribution in [0, 0.1) is 0 Å². The van der Waals surface area contributed by atoms with Crippen LogP contribution in [0.25, 0.3) is 0 Å². The highest BCUT2D eigenvalue weighted by Crippen LogP contribution is 2.38. The van der Waals surface area contributed by atoms with Crippen molar-refractivity contribution in [1.29, 1.82) is 0 Å². The molecule has 1 aromatic rings. The van der Waals surface area contributed by atoms with Crippen LogP contribution >= 0.6 is 11.6 Å². The van der Waals surface area contributed by atoms with Crippen molar-refractivity contribution in [2.45, 2.75) is 19.9 Å². The van der Waals surface area contributed by atoms with E-state index in [1.54, 1.807) is 0 Å². The number of nitrogens with zero attached hydrogens (tertiary/aromatic N) is 1. The van der Waals surface area contributed by atoms with Crippen molar-refractivity contribution >= 4 is 28.9 Å². The molecule has 5 heteroatoms. The van der Waals surface area contributed by atoms with Crippen molar-refractivity contribution in [3.63, 3.8) is 0 Å². The number of likely N-dealkylation sites (N-methyl/N-ethyl adjacent to an activating group) is 2. The van der Waals surface area contributed by atoms with E-state index in [4.69, 9.17) is 11.6 Å². The van der Waals surface area contributed by atoms with E-state index in [9.17, 15) is 4.79 Å². The van der Waals surface area contributed by atoms with Gasteiger partial charge in [0.15, 0.2) is 0 Å². The number of fused-ring (bicyclic) bond motifs is 1. The summed E-state index contributed by atoms with van der Waals surface area (Å²) in [5.74, 6) is -0.0300. The molecule has 0 aliphatic carbocycles. The molecule has 1 aliphatic heterocycles. The molecular weight excluding hydrogens is 274 g/mol. The Morgan fingerprint density at radius 1 is 1.55 bits per heavy atom. The highest BCUT2D eigenvalue weighted by atomic mass is 35.5. The smallest absolute Gasteiger partial charge is 0.246 e. The van der Waals surface area contributed by atoms with E-state index in [-0.39, 0.29) is 11.9 Å². The average Bonchev–Trinajstić information content (AvgIpc) is 2.64. The van der Waals surface area contributed by atoms with Crippen LogP contribution in [0.5, 0.6) is 0 Å². The van der Waals surface area contributed by atoms with Crippen molar-refractivity contribution in [3.05, 3.63) is 34.9 Å². The second-order valence-corrected chi connectivity index (χ2v) is 5.59. The molecule has 0 radical (unpaired) electrons. The molecule has 1 aromatic carbocycles. The van der Waals surface area contributed by atoms with E-state index in [0.29, 0.717) is 5.02 Å². The third kappa shape index (κ3) is 2.81. The minimum atomic E-state index is -0.312. The number of nitrogens with one attached hydrogen (secondary N) is 2. The van der Waals surface area contributed by atoms with E-state index >= 15 is 0 Å². The van der Waals surface area contributed by atoms with Gasteiger partial charge in [0, 0.05) is 24.8 Å². The van der Waals surface area contributed by atoms with Gasteiger partial charge in [0.1, 0.15) is 6.04 Å². The maximum absolute atomic E-state index is 11.9. The molecule has 108 valence electrons. The molecule has 1 heterocycles. The number of anilines is 2. The van der Waals surface area contributed by atoms with Gasteiger partial charge in [0.05, 0.1) is 10.7 Å². The number of hydrogen-bond acceptors (Lipinski definition) is 3. The lowest BCUT2D eigenvalue weighted by Crippen LogP contribution is -2.27. The number of carbonyl (C=O) groups excluding carboxylic acids is 1. The van der Waals surface area contributed by atoms with Gasteiger partial charge < -0.3 is 15.5 Å². The Morgan fingerprint density at radius 3 is 2.85 bits per heavy atom. The van der Waals surface area contributed by atoms with Crippen molar-refractivity contribution in [2.75, 3.05) is 30.4 Å². The Balaban J connectivity index is 2.35. The van der Waals surface area contributed by atoms with Crippen molar-refractivity contribution < 1.29 is 4.79 Å². The molecule has 1 atom stereocenters. The van der Waals surface area contributed by atoms with Gasteiger partial charge in [-0.25, -0.2) is 0 Å². The normalized spacial score (nSPS) is 16.8. The molecule has 0 saturated heterocycles. The zero-order valence-corrected chi connectivity index (χ0v) is 12.8. The number of hydrogen-bond donors (Lipinski definition) is 2. The lowest BCUT2D eigenvalue weighted by molar-refractivity contribution is -0.117. The van der Waals surface area contributed by atoms with Crippen LogP contribution in [-0.4, -0.2) is 26.0 Å². The maximum Gasteiger partial charge on any atom is 0.246 e. The quantitative estimate of drug-likeness (QED) is 0.821. The third-order valence-electron chi connectivity index (χ3n) is 3.28. The Hall–Kier alpha value is -1.52. The fourth-order valence-corrected chi connectivity index (χ4v) is 2.78. The first kappa shape index (κ1) is 14.9. The van der Waals surface area contributed by atoms with Crippen molar-refractivity contribution in [2.24, 2.45) is 0 Å². The van der Waals surface area contributed by atoms with Gasteiger partial charge in [-0.2, -0.15) is 0 Å². The lowest BCUT2D eigenvalue weighted by Gasteiger charge is -2.22. The Labute approximate surface area is 124 Å². The van der Waals surface area contributed by atoms with Crippen LogP contribution in [0.3, 0.4) is 0 Å². The average molecular weight is 294 g/mol. The molecule has 20 heavy (non-hydrogen) atoms. The lowest BCUT2D eigenvalue weighted by atomic mass is 10.1. The Bertz CT molecular complexity index is 556. The van der Waals surface area contributed by atoms with Crippen LogP contribution in [0.1, 0.15) is 25.5 Å². The zero-order valence-electron chi connectivity index (χ0n) is 12.1. The monoisotopic (exact) mass is 293 g/mol. The summed E-state index contributed by atoms with van der Waals surface area (Å²) in [6.07, 6.45) is 0. The maximum atomic E-state index is 11.9. The number of carbonyl (C=O) groups is 1. The fraction of sp³-hybridized carbons (Fsp3) is 0.400. The van der Waals surface area contributed by atoms with Crippen LogP contribution in [-0.2, 0) is 4.79 Å². The first-order valence-electron chi connectivity index (χ1n) is 6.67. The van der Waals surface area contributed by atoms with Gasteiger partial charge in [-0.05, 0) is 25.6 Å². The predicted molar refractivity (Wildman–Crippen MR) is 84.6 cm³/mol. The van der Waals surface area contributed by atoms with E-state index in [2.05, 4.69) is 17.2 Å². The van der Waals surface area contributed by atoms with Crippen LogP contribution in [0.4, 0.5) is 11.4 Å². The van der Waals surface area contributed by atoms with Gasteiger partial charge in [-0.3, -0.25) is 4.79 Å². The van der Waals surface area contributed by atoms with E-state index < -0.39 is 0 Å². The van der Waals surface area contributed by atoms with Gasteiger partial charge in [0.25, 0.3) is 0 Å². The summed E-state index contributed by atoms with van der Waals surface area (Å²) in [6.45, 7) is 9.31. The van der Waals surface area contributed by atoms with Crippen LogP contribution in [0.15, 0.2) is 24.3 Å². The standard InChI is InChI=1S/C15H20ClN3O/c1-5-17-14-10-6-11(16)13(19(4)8-9(2)3)7-12(10)18-15(14)20/h6-7,14,17H,2,5,8H2,1,3-4H3,(H,18,20). The van der Waals surface area contributed by atoms with Crippen molar-refractivity contribution in [1.82, 2.24) is 5.32 Å². The third-order valence-corrected chi connectivity index (χ3v) is 3.58. The number of benzene rings is 1. The summed E-state index contributed by atoms with van der Waals surface area (Å²) < 4.78 is 0. The summed E-state index contributed by atoms with van der Waals surface area (Å²) in [7, 11) is 1.96. The minimum absolute atomic E-state index is 0.0300. The SMILES string of the molecule is C=C(C)CN(C)c1cc2c(cc1Cl)C(NCC)C(=O)N2. The molecule has 1 aliphatic rings. The molecule has 0 bridgehead atoms. The molecule has 2 rings (SSSR count). The Morgan fingerprint density at radius 2 is 2.25 bits per heavy atom. The largest absolute Gasteiger partial charge is 0.369 e. The van der Waals surface area contributed by atoms with Crippen LogP contribution in [0.2, 0.25) is 5.02 Å². The molecule has 2 N–H and O–H groups in total.